The van der Waals surface area contributed by atoms with Gasteiger partial charge in [-0.1, -0.05) is 41.9 Å². The lowest BCUT2D eigenvalue weighted by Gasteiger charge is -2.41. The van der Waals surface area contributed by atoms with Gasteiger partial charge in [-0.25, -0.2) is 0 Å². The number of nitrogens with one attached hydrogen (secondary N) is 2. The van der Waals surface area contributed by atoms with Crippen molar-refractivity contribution in [2.45, 2.75) is 31.3 Å². The number of halogens is 1. The number of benzene rings is 2. The smallest absolute Gasteiger partial charge is 0.101 e. The Balaban J connectivity index is 1.76. The Hall–Kier alpha value is -2.06. The first kappa shape index (κ1) is 18.7. The number of hydrogen-bond donors (Lipinski definition) is 2. The molecular weight excluding hydrogens is 346 g/mol. The summed E-state index contributed by atoms with van der Waals surface area (Å²) < 4.78 is 5.59. The van der Waals surface area contributed by atoms with Gasteiger partial charge in [-0.15, -0.1) is 0 Å². The average molecular weight is 370 g/mol. The van der Waals surface area contributed by atoms with Crippen molar-refractivity contribution in [3.63, 3.8) is 0 Å². The molecule has 1 heterocycles. The van der Waals surface area contributed by atoms with Crippen LogP contribution in [0, 0.1) is 11.3 Å². The van der Waals surface area contributed by atoms with Crippen molar-refractivity contribution >= 4 is 17.3 Å². The summed E-state index contributed by atoms with van der Waals surface area (Å²) in [6, 6.07) is 18.2. The Morgan fingerprint density at radius 3 is 2.62 bits per heavy atom. The predicted molar refractivity (Wildman–Crippen MR) is 105 cm³/mol. The number of nitrogens with zero attached hydrogens (tertiary/aromatic N) is 1. The molecule has 1 fully saturated rings. The summed E-state index contributed by atoms with van der Waals surface area (Å²) in [5.41, 5.74) is 2.55. The summed E-state index contributed by atoms with van der Waals surface area (Å²) in [6.07, 6.45) is 1.83. The minimum absolute atomic E-state index is 0.0947. The van der Waals surface area contributed by atoms with Gasteiger partial charge in [-0.3, -0.25) is 0 Å². The standard InChI is InChI=1S/C21H24ClN3O/c1-16(17-5-3-2-4-6-17)25-21(9-11-26-12-10-21)15-24-20-13-19(22)8-7-18(20)14-23/h2-8,13,16,24-25H,9-12,15H2,1H3. The van der Waals surface area contributed by atoms with Gasteiger partial charge < -0.3 is 15.4 Å². The highest BCUT2D eigenvalue weighted by atomic mass is 35.5. The van der Waals surface area contributed by atoms with Crippen LogP contribution < -0.4 is 10.6 Å². The van der Waals surface area contributed by atoms with Crippen LogP contribution in [0.1, 0.15) is 36.9 Å². The van der Waals surface area contributed by atoms with E-state index in [1.165, 1.54) is 5.56 Å². The maximum atomic E-state index is 9.34. The SMILES string of the molecule is CC(NC1(CNc2cc(Cl)ccc2C#N)CCOCC1)c1ccccc1. The Morgan fingerprint density at radius 2 is 1.92 bits per heavy atom. The fourth-order valence-corrected chi connectivity index (χ4v) is 3.62. The topological polar surface area (TPSA) is 57.1 Å². The molecule has 0 amide bonds. The zero-order valence-electron chi connectivity index (χ0n) is 15.0. The van der Waals surface area contributed by atoms with Crippen molar-refractivity contribution < 1.29 is 4.74 Å². The Morgan fingerprint density at radius 1 is 1.19 bits per heavy atom. The average Bonchev–Trinajstić information content (AvgIpc) is 2.68. The zero-order valence-corrected chi connectivity index (χ0v) is 15.7. The van der Waals surface area contributed by atoms with Crippen molar-refractivity contribution in [3.8, 4) is 6.07 Å². The van der Waals surface area contributed by atoms with E-state index in [1.807, 2.05) is 12.1 Å². The van der Waals surface area contributed by atoms with Crippen molar-refractivity contribution in [2.75, 3.05) is 25.1 Å². The van der Waals surface area contributed by atoms with Crippen LogP contribution in [0.2, 0.25) is 5.02 Å². The molecule has 2 aromatic carbocycles. The molecule has 4 nitrogen and oxygen atoms in total. The lowest BCUT2D eigenvalue weighted by Crippen LogP contribution is -2.54. The van der Waals surface area contributed by atoms with E-state index in [2.05, 4.69) is 47.9 Å². The van der Waals surface area contributed by atoms with Crippen LogP contribution in [0.4, 0.5) is 5.69 Å². The second-order valence-electron chi connectivity index (χ2n) is 6.82. The predicted octanol–water partition coefficient (Wildman–Crippen LogP) is 4.52. The first-order chi connectivity index (χ1) is 12.6. The molecule has 0 aliphatic carbocycles. The summed E-state index contributed by atoms with van der Waals surface area (Å²) >= 11 is 6.11. The van der Waals surface area contributed by atoms with Gasteiger partial charge in [0.25, 0.3) is 0 Å². The monoisotopic (exact) mass is 369 g/mol. The number of rotatable bonds is 6. The summed E-state index contributed by atoms with van der Waals surface area (Å²) in [5, 5.41) is 17.2. The molecule has 0 radical (unpaired) electrons. The second kappa shape index (κ2) is 8.55. The lowest BCUT2D eigenvalue weighted by atomic mass is 9.88. The van der Waals surface area contributed by atoms with E-state index in [9.17, 15) is 5.26 Å². The van der Waals surface area contributed by atoms with E-state index in [4.69, 9.17) is 16.3 Å². The van der Waals surface area contributed by atoms with Crippen molar-refractivity contribution in [1.29, 1.82) is 5.26 Å². The molecule has 1 aliphatic rings. The largest absolute Gasteiger partial charge is 0.382 e. The van der Waals surface area contributed by atoms with Gasteiger partial charge in [0, 0.05) is 36.4 Å². The van der Waals surface area contributed by atoms with Gasteiger partial charge in [0.05, 0.1) is 11.3 Å². The normalized spacial score (nSPS) is 17.3. The van der Waals surface area contributed by atoms with Crippen LogP contribution in [0.5, 0.6) is 0 Å². The first-order valence-electron chi connectivity index (χ1n) is 8.96. The maximum absolute atomic E-state index is 9.34. The van der Waals surface area contributed by atoms with E-state index in [-0.39, 0.29) is 11.6 Å². The molecule has 2 aromatic rings. The fraction of sp³-hybridized carbons (Fsp3) is 0.381. The number of nitriles is 1. The number of anilines is 1. The zero-order chi connectivity index (χ0) is 18.4. The Labute approximate surface area is 160 Å². The first-order valence-corrected chi connectivity index (χ1v) is 9.34. The summed E-state index contributed by atoms with van der Waals surface area (Å²) in [7, 11) is 0. The van der Waals surface area contributed by atoms with Crippen molar-refractivity contribution in [2.24, 2.45) is 0 Å². The summed E-state index contributed by atoms with van der Waals surface area (Å²) in [4.78, 5) is 0. The van der Waals surface area contributed by atoms with Crippen LogP contribution in [0.25, 0.3) is 0 Å². The maximum Gasteiger partial charge on any atom is 0.101 e. The van der Waals surface area contributed by atoms with Gasteiger partial charge in [0.15, 0.2) is 0 Å². The summed E-state index contributed by atoms with van der Waals surface area (Å²) in [5.74, 6) is 0. The Kier molecular flexibility index (Phi) is 6.16. The van der Waals surface area contributed by atoms with E-state index < -0.39 is 0 Å². The van der Waals surface area contributed by atoms with E-state index >= 15 is 0 Å². The van der Waals surface area contributed by atoms with Crippen molar-refractivity contribution in [3.05, 3.63) is 64.7 Å². The molecule has 1 saturated heterocycles. The minimum atomic E-state index is -0.0947. The van der Waals surface area contributed by atoms with Gasteiger partial charge >= 0.3 is 0 Å². The molecule has 1 atom stereocenters. The molecule has 1 unspecified atom stereocenters. The highest BCUT2D eigenvalue weighted by molar-refractivity contribution is 6.30. The van der Waals surface area contributed by atoms with Gasteiger partial charge in [-0.2, -0.15) is 5.26 Å². The van der Waals surface area contributed by atoms with E-state index in [1.54, 1.807) is 12.1 Å². The van der Waals surface area contributed by atoms with Gasteiger partial charge in [0.2, 0.25) is 0 Å². The van der Waals surface area contributed by atoms with Gasteiger partial charge in [0.1, 0.15) is 6.07 Å². The molecule has 0 bridgehead atoms. The third-order valence-corrected chi connectivity index (χ3v) is 5.23. The molecule has 26 heavy (non-hydrogen) atoms. The fourth-order valence-electron chi connectivity index (χ4n) is 3.44. The quantitative estimate of drug-likeness (QED) is 0.785. The molecule has 0 aromatic heterocycles. The molecule has 3 rings (SSSR count). The number of ether oxygens (including phenoxy) is 1. The molecule has 0 saturated carbocycles. The molecule has 136 valence electrons. The van der Waals surface area contributed by atoms with Crippen LogP contribution in [0.3, 0.4) is 0 Å². The minimum Gasteiger partial charge on any atom is -0.382 e. The third kappa shape index (κ3) is 4.56. The highest BCUT2D eigenvalue weighted by Crippen LogP contribution is 2.27. The second-order valence-corrected chi connectivity index (χ2v) is 7.26. The van der Waals surface area contributed by atoms with Crippen molar-refractivity contribution in [1.82, 2.24) is 5.32 Å². The van der Waals surface area contributed by atoms with E-state index in [0.717, 1.165) is 31.7 Å². The lowest BCUT2D eigenvalue weighted by molar-refractivity contribution is 0.0389. The Bertz CT molecular complexity index is 767. The third-order valence-electron chi connectivity index (χ3n) is 4.99. The summed E-state index contributed by atoms with van der Waals surface area (Å²) in [6.45, 7) is 4.36. The molecule has 0 spiro atoms. The van der Waals surface area contributed by atoms with Crippen LogP contribution in [-0.2, 0) is 4.74 Å². The molecule has 5 heteroatoms. The molecular formula is C21H24ClN3O. The highest BCUT2D eigenvalue weighted by Gasteiger charge is 2.34. The van der Waals surface area contributed by atoms with Crippen LogP contribution in [-0.4, -0.2) is 25.3 Å². The molecule has 1 aliphatic heterocycles. The molecule has 2 N–H and O–H groups in total. The number of hydrogen-bond acceptors (Lipinski definition) is 4. The van der Waals surface area contributed by atoms with Gasteiger partial charge in [-0.05, 0) is 43.5 Å². The van der Waals surface area contributed by atoms with Crippen LogP contribution in [0.15, 0.2) is 48.5 Å². The van der Waals surface area contributed by atoms with Crippen LogP contribution >= 0.6 is 11.6 Å². The van der Waals surface area contributed by atoms with E-state index in [0.29, 0.717) is 17.1 Å².